The molecule has 0 saturated carbocycles. The van der Waals surface area contributed by atoms with Crippen molar-refractivity contribution >= 4 is 43.6 Å². The minimum Gasteiger partial charge on any atom is -0.309 e. The Balaban J connectivity index is 1.16. The first-order valence-corrected chi connectivity index (χ1v) is 27.4. The van der Waals surface area contributed by atoms with Gasteiger partial charge < -0.3 is 9.13 Å². The summed E-state index contributed by atoms with van der Waals surface area (Å²) < 4.78 is 4.82. The predicted molar refractivity (Wildman–Crippen MR) is 328 cm³/mol. The van der Waals surface area contributed by atoms with E-state index in [1.54, 1.807) is 0 Å². The summed E-state index contributed by atoms with van der Waals surface area (Å²) in [6, 6.07) is 66.5. The number of fused-ring (bicyclic) bond motifs is 6. The van der Waals surface area contributed by atoms with Gasteiger partial charge in [-0.25, -0.2) is 15.0 Å². The first kappa shape index (κ1) is 50.3. The second-order valence-electron chi connectivity index (χ2n) is 25.3. The average Bonchev–Trinajstić information content (AvgIpc) is 4.16. The summed E-state index contributed by atoms with van der Waals surface area (Å²) in [6.45, 7) is 27.4. The number of rotatable bonds is 7. The molecule has 12 rings (SSSR count). The fourth-order valence-electron chi connectivity index (χ4n) is 11.1. The highest BCUT2D eigenvalue weighted by molar-refractivity contribution is 6.12. The lowest BCUT2D eigenvalue weighted by molar-refractivity contribution is 0.568. The van der Waals surface area contributed by atoms with Gasteiger partial charge in [0.1, 0.15) is 0 Å². The SMILES string of the molecule is CC(C)(C)c1cc(-c2nc(-c3cc(C(C)(C)C)cc(C(C)(C)C)c3)nc(-c3ccc(-n4c5ccccc5c5ccccc54)c(-c4ccncc4-n4c5ccccc5c5cc(-c6ccccc6)ccc54)c3)n2)cc(C(C)(C)C)c1. The third kappa shape index (κ3) is 9.07. The molecule has 0 unspecified atom stereocenters. The fourth-order valence-corrected chi connectivity index (χ4v) is 11.1. The van der Waals surface area contributed by atoms with E-state index in [9.17, 15) is 0 Å². The van der Waals surface area contributed by atoms with Crippen molar-refractivity contribution in [2.24, 2.45) is 0 Å². The van der Waals surface area contributed by atoms with Crippen molar-refractivity contribution in [2.45, 2.75) is 105 Å². The van der Waals surface area contributed by atoms with Gasteiger partial charge in [-0.2, -0.15) is 0 Å². The van der Waals surface area contributed by atoms with E-state index >= 15 is 0 Å². The summed E-state index contributed by atoms with van der Waals surface area (Å²) in [7, 11) is 0. The van der Waals surface area contributed by atoms with Gasteiger partial charge in [0.2, 0.25) is 0 Å². The van der Waals surface area contributed by atoms with E-state index in [2.05, 4.69) is 274 Å². The molecule has 0 fully saturated rings. The molecular weight excluding hydrogens is 949 g/mol. The third-order valence-corrected chi connectivity index (χ3v) is 15.7. The molecule has 4 heterocycles. The Kier molecular flexibility index (Phi) is 12.0. The van der Waals surface area contributed by atoms with Gasteiger partial charge in [-0.1, -0.05) is 186 Å². The van der Waals surface area contributed by atoms with Crippen LogP contribution in [0.5, 0.6) is 0 Å². The van der Waals surface area contributed by atoms with Crippen molar-refractivity contribution in [1.29, 1.82) is 0 Å². The second-order valence-corrected chi connectivity index (χ2v) is 25.3. The number of para-hydroxylation sites is 3. The zero-order valence-corrected chi connectivity index (χ0v) is 47.2. The standard InChI is InChI=1S/C72H68N6/c1-69(2,3)50-36-48(37-51(42-50)70(4,5)6)67-74-66(75-68(76-67)49-38-52(71(7,8)9)43-53(39-49)72(10,11)12)47-31-33-63(77-60-27-19-16-24-54(60)55-25-17-20-28-61(55)77)59(41-47)57-34-35-73-44-65(57)78-62-29-21-18-26-56(62)58-40-46(30-32-64(58)78)45-22-14-13-15-23-45/h13-44H,1-12H3. The maximum Gasteiger partial charge on any atom is 0.164 e. The van der Waals surface area contributed by atoms with Gasteiger partial charge in [-0.3, -0.25) is 4.98 Å². The van der Waals surface area contributed by atoms with Crippen LogP contribution in [0.4, 0.5) is 0 Å². The first-order chi connectivity index (χ1) is 37.2. The maximum absolute atomic E-state index is 5.56. The Labute approximate surface area is 459 Å². The number of pyridine rings is 1. The number of nitrogens with zero attached hydrogens (tertiary/aromatic N) is 6. The molecule has 78 heavy (non-hydrogen) atoms. The summed E-state index contributed by atoms with van der Waals surface area (Å²) in [5, 5.41) is 4.75. The minimum atomic E-state index is -0.113. The van der Waals surface area contributed by atoms with Crippen LogP contribution in [0.15, 0.2) is 194 Å². The normalized spacial score (nSPS) is 12.6. The number of hydrogen-bond donors (Lipinski definition) is 0. The van der Waals surface area contributed by atoms with Gasteiger partial charge in [0.15, 0.2) is 17.5 Å². The van der Waals surface area contributed by atoms with Crippen molar-refractivity contribution in [3.05, 3.63) is 217 Å². The second kappa shape index (κ2) is 18.6. The highest BCUT2D eigenvalue weighted by atomic mass is 15.0. The Morgan fingerprint density at radius 1 is 0.295 bits per heavy atom. The van der Waals surface area contributed by atoms with E-state index in [-0.39, 0.29) is 21.7 Å². The molecule has 386 valence electrons. The molecule has 6 nitrogen and oxygen atoms in total. The van der Waals surface area contributed by atoms with Crippen molar-refractivity contribution < 1.29 is 0 Å². The molecule has 12 aromatic rings. The first-order valence-electron chi connectivity index (χ1n) is 27.4. The summed E-state index contributed by atoms with van der Waals surface area (Å²) in [5.74, 6) is 1.88. The van der Waals surface area contributed by atoms with Crippen molar-refractivity contribution in [1.82, 2.24) is 29.1 Å². The van der Waals surface area contributed by atoms with Crippen LogP contribution in [-0.4, -0.2) is 29.1 Å². The zero-order chi connectivity index (χ0) is 54.5. The van der Waals surface area contributed by atoms with Crippen LogP contribution in [0.1, 0.15) is 105 Å². The Morgan fingerprint density at radius 3 is 1.19 bits per heavy atom. The minimum absolute atomic E-state index is 0.113. The molecule has 0 saturated heterocycles. The van der Waals surface area contributed by atoms with Crippen molar-refractivity contribution in [3.63, 3.8) is 0 Å². The Hall–Kier alpha value is -8.48. The highest BCUT2D eigenvalue weighted by Gasteiger charge is 2.27. The van der Waals surface area contributed by atoms with E-state index in [0.29, 0.717) is 17.5 Å². The summed E-state index contributed by atoms with van der Waals surface area (Å²) in [6.07, 6.45) is 3.95. The molecule has 4 aromatic heterocycles. The van der Waals surface area contributed by atoms with Gasteiger partial charge in [-0.05, 0) is 134 Å². The van der Waals surface area contributed by atoms with E-state index < -0.39 is 0 Å². The Morgan fingerprint density at radius 2 is 0.705 bits per heavy atom. The van der Waals surface area contributed by atoms with E-state index in [1.165, 1.54) is 54.9 Å². The zero-order valence-electron chi connectivity index (χ0n) is 47.2. The summed E-state index contributed by atoms with van der Waals surface area (Å²) in [5.41, 5.74) is 18.2. The molecule has 0 aliphatic rings. The lowest BCUT2D eigenvalue weighted by Crippen LogP contribution is -2.17. The number of hydrogen-bond acceptors (Lipinski definition) is 4. The van der Waals surface area contributed by atoms with Gasteiger partial charge in [0.05, 0.1) is 39.6 Å². The maximum atomic E-state index is 5.56. The third-order valence-electron chi connectivity index (χ3n) is 15.7. The van der Waals surface area contributed by atoms with Crippen LogP contribution < -0.4 is 0 Å². The largest absolute Gasteiger partial charge is 0.309 e. The summed E-state index contributed by atoms with van der Waals surface area (Å²) in [4.78, 5) is 21.5. The molecule has 0 spiro atoms. The average molecular weight is 1020 g/mol. The van der Waals surface area contributed by atoms with Gasteiger partial charge >= 0.3 is 0 Å². The Bertz CT molecular complexity index is 4080. The number of benzene rings is 8. The van der Waals surface area contributed by atoms with Crippen LogP contribution in [-0.2, 0) is 21.7 Å². The van der Waals surface area contributed by atoms with Crippen LogP contribution in [0.2, 0.25) is 0 Å². The van der Waals surface area contributed by atoms with E-state index in [1.807, 2.05) is 12.4 Å². The van der Waals surface area contributed by atoms with Gasteiger partial charge in [0.25, 0.3) is 0 Å². The molecule has 0 aliphatic heterocycles. The lowest BCUT2D eigenvalue weighted by atomic mass is 9.79. The molecule has 0 bridgehead atoms. The lowest BCUT2D eigenvalue weighted by Gasteiger charge is -2.26. The van der Waals surface area contributed by atoms with Gasteiger partial charge in [0, 0.05) is 55.6 Å². The molecule has 0 atom stereocenters. The molecular formula is C72H68N6. The van der Waals surface area contributed by atoms with Crippen LogP contribution in [0.3, 0.4) is 0 Å². The van der Waals surface area contributed by atoms with E-state index in [0.717, 1.165) is 61.3 Å². The van der Waals surface area contributed by atoms with Crippen molar-refractivity contribution in [3.8, 4) is 67.8 Å². The molecule has 0 radical (unpaired) electrons. The number of aromatic nitrogens is 6. The predicted octanol–water partition coefficient (Wildman–Crippen LogP) is 19.0. The van der Waals surface area contributed by atoms with Crippen LogP contribution in [0, 0.1) is 0 Å². The van der Waals surface area contributed by atoms with E-state index in [4.69, 9.17) is 19.9 Å². The molecule has 8 aromatic carbocycles. The van der Waals surface area contributed by atoms with Crippen LogP contribution >= 0.6 is 0 Å². The quantitative estimate of drug-likeness (QED) is 0.160. The molecule has 0 amide bonds. The van der Waals surface area contributed by atoms with Gasteiger partial charge in [-0.15, -0.1) is 0 Å². The van der Waals surface area contributed by atoms with Crippen LogP contribution in [0.25, 0.3) is 111 Å². The highest BCUT2D eigenvalue weighted by Crippen LogP contribution is 2.44. The topological polar surface area (TPSA) is 61.4 Å². The fraction of sp³-hybridized carbons (Fsp3) is 0.222. The smallest absolute Gasteiger partial charge is 0.164 e. The summed E-state index contributed by atoms with van der Waals surface area (Å²) >= 11 is 0. The molecule has 0 aliphatic carbocycles. The molecule has 0 N–H and O–H groups in total. The molecule has 6 heteroatoms. The monoisotopic (exact) mass is 1020 g/mol. The van der Waals surface area contributed by atoms with Crippen molar-refractivity contribution in [2.75, 3.05) is 0 Å².